The van der Waals surface area contributed by atoms with E-state index in [4.69, 9.17) is 4.74 Å². The minimum atomic E-state index is -0.944. The van der Waals surface area contributed by atoms with Gasteiger partial charge in [0, 0.05) is 20.2 Å². The normalized spacial score (nSPS) is 23.0. The molecule has 0 radical (unpaired) electrons. The molecule has 0 aromatic heterocycles. The molecule has 21 heavy (non-hydrogen) atoms. The highest BCUT2D eigenvalue weighted by Crippen LogP contribution is 2.16. The molecule has 1 saturated heterocycles. The van der Waals surface area contributed by atoms with E-state index in [9.17, 15) is 0 Å². The molecule has 2 nitrogen and oxygen atoms in total. The van der Waals surface area contributed by atoms with Crippen LogP contribution in [0.1, 0.15) is 18.4 Å². The van der Waals surface area contributed by atoms with Gasteiger partial charge in [-0.05, 0) is 24.4 Å². The van der Waals surface area contributed by atoms with E-state index in [0.717, 1.165) is 13.2 Å². The van der Waals surface area contributed by atoms with Crippen LogP contribution in [0.4, 0.5) is 0 Å². The molecule has 0 saturated carbocycles. The van der Waals surface area contributed by atoms with Gasteiger partial charge in [-0.25, -0.2) is 0 Å². The molecule has 1 N–H and O–H groups in total. The van der Waals surface area contributed by atoms with Crippen LogP contribution in [0.15, 0.2) is 42.5 Å². The van der Waals surface area contributed by atoms with Crippen LogP contribution in [0.5, 0.6) is 0 Å². The van der Waals surface area contributed by atoms with Crippen molar-refractivity contribution < 1.29 is 4.74 Å². The Labute approximate surface area is 130 Å². The quantitative estimate of drug-likeness (QED) is 0.601. The van der Waals surface area contributed by atoms with Gasteiger partial charge in [-0.1, -0.05) is 62.1 Å². The Kier molecular flexibility index (Phi) is 6.21. The molecule has 0 spiro atoms. The molecule has 0 amide bonds. The van der Waals surface area contributed by atoms with Crippen molar-refractivity contribution in [1.82, 2.24) is 5.32 Å². The Bertz CT molecular complexity index is 438. The Morgan fingerprint density at radius 1 is 1.19 bits per heavy atom. The lowest BCUT2D eigenvalue weighted by molar-refractivity contribution is 0.103. The molecule has 1 aromatic carbocycles. The first-order valence-corrected chi connectivity index (χ1v) is 11.8. The molecule has 0 aliphatic carbocycles. The van der Waals surface area contributed by atoms with Gasteiger partial charge in [0.05, 0.1) is 13.2 Å². The molecule has 2 atom stereocenters. The highest BCUT2D eigenvalue weighted by Gasteiger charge is 2.21. The number of hydrogen-bond acceptors (Lipinski definition) is 2. The maximum Gasteiger partial charge on any atom is 0.0717 e. The van der Waals surface area contributed by atoms with Crippen molar-refractivity contribution in [2.45, 2.75) is 57.2 Å². The van der Waals surface area contributed by atoms with Crippen LogP contribution in [0.2, 0.25) is 25.7 Å². The van der Waals surface area contributed by atoms with Gasteiger partial charge in [-0.2, -0.15) is 0 Å². The van der Waals surface area contributed by atoms with Gasteiger partial charge in [0.1, 0.15) is 0 Å². The lowest BCUT2D eigenvalue weighted by Crippen LogP contribution is -2.31. The summed E-state index contributed by atoms with van der Waals surface area (Å²) in [5.74, 6) is 0. The summed E-state index contributed by atoms with van der Waals surface area (Å²) in [7, 11) is -0.944. The van der Waals surface area contributed by atoms with Gasteiger partial charge in [0.25, 0.3) is 0 Å². The zero-order chi connectivity index (χ0) is 15.1. The number of benzene rings is 1. The van der Waals surface area contributed by atoms with Crippen LogP contribution in [0.3, 0.4) is 0 Å². The number of ether oxygens (including phenoxy) is 1. The average Bonchev–Trinajstić information content (AvgIpc) is 2.86. The molecule has 1 aliphatic rings. The molecule has 1 fully saturated rings. The fourth-order valence-corrected chi connectivity index (χ4v) is 3.46. The monoisotopic (exact) mass is 303 g/mol. The smallest absolute Gasteiger partial charge is 0.0717 e. The Balaban J connectivity index is 1.64. The Morgan fingerprint density at radius 3 is 2.67 bits per heavy atom. The molecular formula is C18H29NOSi. The molecule has 1 heterocycles. The second kappa shape index (κ2) is 7.92. The fourth-order valence-electron chi connectivity index (χ4n) is 2.61. The fraction of sp³-hybridized carbons (Fsp3) is 0.556. The van der Waals surface area contributed by atoms with Gasteiger partial charge in [0.2, 0.25) is 0 Å². The van der Waals surface area contributed by atoms with E-state index in [1.54, 1.807) is 0 Å². The minimum absolute atomic E-state index is 0.509. The summed E-state index contributed by atoms with van der Waals surface area (Å²) in [6.07, 6.45) is 7.21. The maximum atomic E-state index is 5.83. The zero-order valence-corrected chi connectivity index (χ0v) is 14.6. The summed E-state index contributed by atoms with van der Waals surface area (Å²) >= 11 is 0. The Morgan fingerprint density at radius 2 is 1.95 bits per heavy atom. The molecule has 2 rings (SSSR count). The van der Waals surface area contributed by atoms with Crippen molar-refractivity contribution in [2.24, 2.45) is 0 Å². The SMILES string of the molecule is C[Si](C)(C)C/C=C/[C@@H]1CC[C@@H](COCc2ccccc2)N1. The van der Waals surface area contributed by atoms with E-state index in [-0.39, 0.29) is 0 Å². The number of rotatable bonds is 7. The van der Waals surface area contributed by atoms with Crippen LogP contribution in [0, 0.1) is 0 Å². The number of nitrogens with one attached hydrogen (secondary N) is 1. The van der Waals surface area contributed by atoms with Crippen LogP contribution in [-0.2, 0) is 11.3 Å². The van der Waals surface area contributed by atoms with Crippen LogP contribution >= 0.6 is 0 Å². The predicted molar refractivity (Wildman–Crippen MR) is 93.3 cm³/mol. The Hall–Kier alpha value is -0.903. The van der Waals surface area contributed by atoms with Crippen LogP contribution < -0.4 is 5.32 Å². The van der Waals surface area contributed by atoms with Crippen molar-refractivity contribution >= 4 is 8.07 Å². The zero-order valence-electron chi connectivity index (χ0n) is 13.6. The van der Waals surface area contributed by atoms with Gasteiger partial charge >= 0.3 is 0 Å². The molecule has 0 unspecified atom stereocenters. The highest BCUT2D eigenvalue weighted by molar-refractivity contribution is 6.76. The van der Waals surface area contributed by atoms with Crippen molar-refractivity contribution in [3.05, 3.63) is 48.0 Å². The number of hydrogen-bond donors (Lipinski definition) is 1. The lowest BCUT2D eigenvalue weighted by atomic mass is 10.2. The summed E-state index contributed by atoms with van der Waals surface area (Å²) in [5, 5.41) is 3.67. The number of allylic oxidation sites excluding steroid dienone is 1. The van der Waals surface area contributed by atoms with Gasteiger partial charge in [-0.3, -0.25) is 0 Å². The third kappa shape index (κ3) is 6.59. The molecule has 116 valence electrons. The summed E-state index contributed by atoms with van der Waals surface area (Å²) in [5.41, 5.74) is 1.25. The largest absolute Gasteiger partial charge is 0.375 e. The molecule has 0 bridgehead atoms. The average molecular weight is 304 g/mol. The van der Waals surface area contributed by atoms with Gasteiger partial charge in [0.15, 0.2) is 0 Å². The summed E-state index contributed by atoms with van der Waals surface area (Å²) in [6, 6.07) is 12.7. The van der Waals surface area contributed by atoms with Crippen LogP contribution in [-0.4, -0.2) is 26.8 Å². The van der Waals surface area contributed by atoms with E-state index >= 15 is 0 Å². The summed E-state index contributed by atoms with van der Waals surface area (Å²) in [4.78, 5) is 0. The van der Waals surface area contributed by atoms with Gasteiger partial charge < -0.3 is 10.1 Å². The van der Waals surface area contributed by atoms with Crippen molar-refractivity contribution in [3.8, 4) is 0 Å². The van der Waals surface area contributed by atoms with E-state index < -0.39 is 8.07 Å². The maximum absolute atomic E-state index is 5.83. The molecule has 1 aliphatic heterocycles. The predicted octanol–water partition coefficient (Wildman–Crippen LogP) is 4.22. The standard InChI is InChI=1S/C18H29NOSi/c1-21(2,3)13-7-10-17-11-12-18(19-17)15-20-14-16-8-5-4-6-9-16/h4-10,17-19H,11-15H2,1-3H3/b10-7+/t17-,18+/m1/s1. The third-order valence-corrected chi connectivity index (χ3v) is 5.27. The van der Waals surface area contributed by atoms with E-state index in [2.05, 4.69) is 61.4 Å². The van der Waals surface area contributed by atoms with Crippen molar-refractivity contribution in [2.75, 3.05) is 6.61 Å². The molecule has 1 aromatic rings. The highest BCUT2D eigenvalue weighted by atomic mass is 28.3. The van der Waals surface area contributed by atoms with Crippen LogP contribution in [0.25, 0.3) is 0 Å². The topological polar surface area (TPSA) is 21.3 Å². The first-order valence-electron chi connectivity index (χ1n) is 8.07. The second-order valence-corrected chi connectivity index (χ2v) is 12.8. The summed E-state index contributed by atoms with van der Waals surface area (Å²) < 4.78 is 5.83. The minimum Gasteiger partial charge on any atom is -0.375 e. The van der Waals surface area contributed by atoms with Crippen molar-refractivity contribution in [3.63, 3.8) is 0 Å². The molecule has 3 heteroatoms. The van der Waals surface area contributed by atoms with Crippen molar-refractivity contribution in [1.29, 1.82) is 0 Å². The van der Waals surface area contributed by atoms with E-state index in [1.165, 1.54) is 24.4 Å². The van der Waals surface area contributed by atoms with Gasteiger partial charge in [-0.15, -0.1) is 0 Å². The third-order valence-electron chi connectivity index (χ3n) is 3.81. The first kappa shape index (κ1) is 16.5. The summed E-state index contributed by atoms with van der Waals surface area (Å²) in [6.45, 7) is 8.78. The van der Waals surface area contributed by atoms with E-state index in [1.807, 2.05) is 6.07 Å². The second-order valence-electron chi connectivity index (χ2n) is 7.24. The molecular weight excluding hydrogens is 274 g/mol. The van der Waals surface area contributed by atoms with E-state index in [0.29, 0.717) is 12.1 Å². The lowest BCUT2D eigenvalue weighted by Gasteiger charge is -2.14. The first-order chi connectivity index (χ1) is 10.0.